The maximum absolute atomic E-state index is 12.5. The van der Waals surface area contributed by atoms with Crippen molar-refractivity contribution in [2.45, 2.75) is 46.1 Å². The second kappa shape index (κ2) is 8.33. The predicted octanol–water partition coefficient (Wildman–Crippen LogP) is 2.99. The molecule has 140 valence electrons. The highest BCUT2D eigenvalue weighted by Gasteiger charge is 2.25. The highest BCUT2D eigenvalue weighted by Crippen LogP contribution is 2.22. The van der Waals surface area contributed by atoms with Crippen LogP contribution in [0.15, 0.2) is 24.3 Å². The zero-order chi connectivity index (χ0) is 18.6. The van der Waals surface area contributed by atoms with Gasteiger partial charge in [0, 0.05) is 44.3 Å². The molecule has 1 aromatic rings. The third kappa shape index (κ3) is 5.55. The number of amides is 1. The number of hydrogen-bond donors (Lipinski definition) is 1. The molecule has 1 aliphatic rings. The van der Waals surface area contributed by atoms with Crippen molar-refractivity contribution >= 4 is 5.91 Å². The van der Waals surface area contributed by atoms with Gasteiger partial charge in [0.05, 0.1) is 0 Å². The summed E-state index contributed by atoms with van der Waals surface area (Å²) in [7, 11) is 2.17. The van der Waals surface area contributed by atoms with Gasteiger partial charge in [-0.1, -0.05) is 46.8 Å². The van der Waals surface area contributed by atoms with Crippen molar-refractivity contribution in [2.75, 3.05) is 39.8 Å². The van der Waals surface area contributed by atoms with Crippen LogP contribution >= 0.6 is 0 Å². The molecule has 1 N–H and O–H groups in total. The summed E-state index contributed by atoms with van der Waals surface area (Å²) in [5.74, 6) is 0.548. The standard InChI is InChI=1S/C21H35N3O/c1-16(2)19(24-13-11-23(6)12-14-24)15-22-20(25)17-7-9-18(10-8-17)21(3,4)5/h7-10,16,19H,11-15H2,1-6H3,(H,22,25). The minimum absolute atomic E-state index is 0.0280. The van der Waals surface area contributed by atoms with Gasteiger partial charge in [0.15, 0.2) is 0 Å². The van der Waals surface area contributed by atoms with E-state index in [0.717, 1.165) is 31.7 Å². The highest BCUT2D eigenvalue weighted by molar-refractivity contribution is 5.94. The van der Waals surface area contributed by atoms with Crippen LogP contribution in [0.2, 0.25) is 0 Å². The molecule has 1 fully saturated rings. The van der Waals surface area contributed by atoms with Gasteiger partial charge in [0.2, 0.25) is 0 Å². The van der Waals surface area contributed by atoms with Crippen LogP contribution in [0.4, 0.5) is 0 Å². The zero-order valence-electron chi connectivity index (χ0n) is 16.8. The van der Waals surface area contributed by atoms with Crippen LogP contribution < -0.4 is 5.32 Å². The Balaban J connectivity index is 1.94. The Kier molecular flexibility index (Phi) is 6.64. The van der Waals surface area contributed by atoms with Crippen molar-refractivity contribution in [3.63, 3.8) is 0 Å². The van der Waals surface area contributed by atoms with Crippen molar-refractivity contribution in [1.82, 2.24) is 15.1 Å². The number of nitrogens with zero attached hydrogens (tertiary/aromatic N) is 2. The molecule has 0 aliphatic carbocycles. The Morgan fingerprint density at radius 1 is 1.08 bits per heavy atom. The van der Waals surface area contributed by atoms with Gasteiger partial charge in [-0.05, 0) is 36.1 Å². The molecule has 0 aromatic heterocycles. The molecule has 1 heterocycles. The third-order valence-electron chi connectivity index (χ3n) is 5.26. The lowest BCUT2D eigenvalue weighted by Crippen LogP contribution is -2.54. The number of piperazine rings is 1. The van der Waals surface area contributed by atoms with Gasteiger partial charge >= 0.3 is 0 Å². The quantitative estimate of drug-likeness (QED) is 0.891. The summed E-state index contributed by atoms with van der Waals surface area (Å²) in [4.78, 5) is 17.4. The summed E-state index contributed by atoms with van der Waals surface area (Å²) in [6.07, 6.45) is 0. The van der Waals surface area contributed by atoms with E-state index in [-0.39, 0.29) is 11.3 Å². The average molecular weight is 346 g/mol. The van der Waals surface area contributed by atoms with E-state index >= 15 is 0 Å². The molecule has 25 heavy (non-hydrogen) atoms. The van der Waals surface area contributed by atoms with Crippen molar-refractivity contribution in [3.05, 3.63) is 35.4 Å². The summed E-state index contributed by atoms with van der Waals surface area (Å²) < 4.78 is 0. The molecule has 1 saturated heterocycles. The first kappa shape index (κ1) is 19.9. The van der Waals surface area contributed by atoms with E-state index in [0.29, 0.717) is 18.5 Å². The van der Waals surface area contributed by atoms with Crippen LogP contribution in [-0.2, 0) is 5.41 Å². The Labute approximate surface area is 153 Å². The van der Waals surface area contributed by atoms with Gasteiger partial charge in [-0.15, -0.1) is 0 Å². The van der Waals surface area contributed by atoms with Crippen molar-refractivity contribution in [1.29, 1.82) is 0 Å². The Morgan fingerprint density at radius 3 is 2.12 bits per heavy atom. The monoisotopic (exact) mass is 345 g/mol. The average Bonchev–Trinajstić information content (AvgIpc) is 2.55. The van der Waals surface area contributed by atoms with Crippen LogP contribution in [-0.4, -0.2) is 61.5 Å². The SMILES string of the molecule is CC(C)C(CNC(=O)c1ccc(C(C)(C)C)cc1)N1CCN(C)CC1. The molecule has 0 bridgehead atoms. The molecule has 2 rings (SSSR count). The van der Waals surface area contributed by atoms with E-state index in [1.807, 2.05) is 12.1 Å². The van der Waals surface area contributed by atoms with E-state index in [1.54, 1.807) is 0 Å². The van der Waals surface area contributed by atoms with Gasteiger partial charge < -0.3 is 10.2 Å². The second-order valence-electron chi connectivity index (χ2n) is 8.69. The minimum atomic E-state index is 0.0280. The fourth-order valence-corrected chi connectivity index (χ4v) is 3.36. The fraction of sp³-hybridized carbons (Fsp3) is 0.667. The fourth-order valence-electron chi connectivity index (χ4n) is 3.36. The Hall–Kier alpha value is -1.39. The molecule has 1 atom stereocenters. The molecular formula is C21H35N3O. The summed E-state index contributed by atoms with van der Waals surface area (Å²) in [6, 6.07) is 8.41. The number of nitrogens with one attached hydrogen (secondary N) is 1. The van der Waals surface area contributed by atoms with E-state index in [9.17, 15) is 4.79 Å². The molecule has 1 aliphatic heterocycles. The van der Waals surface area contributed by atoms with Crippen molar-refractivity contribution in [2.24, 2.45) is 5.92 Å². The van der Waals surface area contributed by atoms with E-state index in [2.05, 4.69) is 68.9 Å². The van der Waals surface area contributed by atoms with E-state index in [4.69, 9.17) is 0 Å². The number of rotatable bonds is 5. The Morgan fingerprint density at radius 2 is 1.64 bits per heavy atom. The number of likely N-dealkylation sites (N-methyl/N-ethyl adjacent to an activating group) is 1. The predicted molar refractivity (Wildman–Crippen MR) is 105 cm³/mol. The van der Waals surface area contributed by atoms with Gasteiger partial charge in [0.25, 0.3) is 5.91 Å². The van der Waals surface area contributed by atoms with Crippen LogP contribution in [0.25, 0.3) is 0 Å². The zero-order valence-corrected chi connectivity index (χ0v) is 16.8. The number of carbonyl (C=O) groups excluding carboxylic acids is 1. The first-order valence-corrected chi connectivity index (χ1v) is 9.50. The van der Waals surface area contributed by atoms with E-state index in [1.165, 1.54) is 5.56 Å². The van der Waals surface area contributed by atoms with Crippen LogP contribution in [0.3, 0.4) is 0 Å². The largest absolute Gasteiger partial charge is 0.350 e. The van der Waals surface area contributed by atoms with Crippen LogP contribution in [0, 0.1) is 5.92 Å². The number of carbonyl (C=O) groups is 1. The minimum Gasteiger partial charge on any atom is -0.350 e. The third-order valence-corrected chi connectivity index (χ3v) is 5.26. The maximum Gasteiger partial charge on any atom is 0.251 e. The second-order valence-corrected chi connectivity index (χ2v) is 8.69. The highest BCUT2D eigenvalue weighted by atomic mass is 16.1. The molecule has 4 heteroatoms. The lowest BCUT2D eigenvalue weighted by atomic mass is 9.86. The summed E-state index contributed by atoms with van der Waals surface area (Å²) >= 11 is 0. The first-order chi connectivity index (χ1) is 11.7. The molecule has 0 radical (unpaired) electrons. The maximum atomic E-state index is 12.5. The van der Waals surface area contributed by atoms with Crippen LogP contribution in [0.5, 0.6) is 0 Å². The number of benzene rings is 1. The number of hydrogen-bond acceptors (Lipinski definition) is 3. The molecule has 0 saturated carbocycles. The summed E-state index contributed by atoms with van der Waals surface area (Å²) in [6.45, 7) is 16.1. The molecule has 4 nitrogen and oxygen atoms in total. The van der Waals surface area contributed by atoms with Gasteiger partial charge in [-0.2, -0.15) is 0 Å². The molecular weight excluding hydrogens is 310 g/mol. The first-order valence-electron chi connectivity index (χ1n) is 9.50. The van der Waals surface area contributed by atoms with Gasteiger partial charge in [-0.3, -0.25) is 9.69 Å². The van der Waals surface area contributed by atoms with Crippen molar-refractivity contribution < 1.29 is 4.79 Å². The molecule has 1 amide bonds. The molecule has 1 unspecified atom stereocenters. The van der Waals surface area contributed by atoms with Gasteiger partial charge in [0.1, 0.15) is 0 Å². The molecule has 0 spiro atoms. The summed E-state index contributed by atoms with van der Waals surface area (Å²) in [5.41, 5.74) is 2.11. The van der Waals surface area contributed by atoms with Gasteiger partial charge in [-0.25, -0.2) is 0 Å². The Bertz CT molecular complexity index is 551. The normalized spacial score (nSPS) is 18.4. The topological polar surface area (TPSA) is 35.6 Å². The summed E-state index contributed by atoms with van der Waals surface area (Å²) in [5, 5.41) is 3.15. The van der Waals surface area contributed by atoms with Crippen LogP contribution in [0.1, 0.15) is 50.5 Å². The van der Waals surface area contributed by atoms with Crippen molar-refractivity contribution in [3.8, 4) is 0 Å². The van der Waals surface area contributed by atoms with E-state index < -0.39 is 0 Å². The molecule has 1 aromatic carbocycles. The smallest absolute Gasteiger partial charge is 0.251 e. The lowest BCUT2D eigenvalue weighted by molar-refractivity contribution is 0.0791. The lowest BCUT2D eigenvalue weighted by Gasteiger charge is -2.39.